The summed E-state index contributed by atoms with van der Waals surface area (Å²) in [6, 6.07) is -0.625. The van der Waals surface area contributed by atoms with Crippen molar-refractivity contribution in [1.82, 2.24) is 5.32 Å². The van der Waals surface area contributed by atoms with Crippen molar-refractivity contribution in [3.05, 3.63) is 24.3 Å². The van der Waals surface area contributed by atoms with Crippen LogP contribution in [0.3, 0.4) is 0 Å². The van der Waals surface area contributed by atoms with E-state index in [1.54, 1.807) is 6.08 Å². The Balaban J connectivity index is 3.33. The zero-order valence-electron chi connectivity index (χ0n) is 55.0. The second kappa shape index (κ2) is 70.8. The van der Waals surface area contributed by atoms with Gasteiger partial charge in [-0.3, -0.25) is 9.59 Å². The number of aliphatic hydroxyl groups is 2. The lowest BCUT2D eigenvalue weighted by Crippen LogP contribution is -2.45. The van der Waals surface area contributed by atoms with E-state index in [4.69, 9.17) is 4.74 Å². The maximum absolute atomic E-state index is 12.5. The van der Waals surface area contributed by atoms with E-state index in [0.29, 0.717) is 19.4 Å². The monoisotopic (exact) mass is 1140 g/mol. The largest absolute Gasteiger partial charge is 0.466 e. The Hall–Kier alpha value is -1.66. The number of aliphatic hydroxyl groups excluding tert-OH is 2. The molecule has 0 saturated heterocycles. The van der Waals surface area contributed by atoms with E-state index >= 15 is 0 Å². The summed E-state index contributed by atoms with van der Waals surface area (Å²) >= 11 is 0. The number of esters is 1. The highest BCUT2D eigenvalue weighted by molar-refractivity contribution is 5.76. The number of rotatable bonds is 70. The van der Waals surface area contributed by atoms with Crippen LogP contribution in [0, 0.1) is 0 Å². The van der Waals surface area contributed by atoms with Gasteiger partial charge in [0.15, 0.2) is 0 Å². The Bertz CT molecular complexity index is 1270. The van der Waals surface area contributed by atoms with E-state index in [2.05, 4.69) is 31.3 Å². The van der Waals surface area contributed by atoms with Gasteiger partial charge in [-0.15, -0.1) is 0 Å². The molecule has 0 bridgehead atoms. The molecule has 0 spiro atoms. The van der Waals surface area contributed by atoms with E-state index in [-0.39, 0.29) is 18.5 Å². The molecule has 6 nitrogen and oxygen atoms in total. The molecule has 0 rings (SSSR count). The molecule has 0 aromatic rings. The van der Waals surface area contributed by atoms with E-state index in [1.165, 1.54) is 353 Å². The number of carbonyl (C=O) groups is 2. The lowest BCUT2D eigenvalue weighted by molar-refractivity contribution is -0.143. The van der Waals surface area contributed by atoms with Gasteiger partial charge in [0, 0.05) is 12.8 Å². The van der Waals surface area contributed by atoms with Crippen molar-refractivity contribution in [2.45, 2.75) is 431 Å². The van der Waals surface area contributed by atoms with Crippen LogP contribution in [0.1, 0.15) is 418 Å². The minimum absolute atomic E-state index is 0.0196. The SMILES string of the molecule is CCCCCCCC/C=C\CCCCCCCCCCCC(=O)OCCCCCCCCCCCCCCCCCCCCCCCCCCCCCCCC(=O)NC(CO)C(O)/C=C/CCCCCCCCCCCCCCCC. The van der Waals surface area contributed by atoms with Crippen LogP contribution in [0.2, 0.25) is 0 Å². The molecule has 3 N–H and O–H groups in total. The summed E-state index contributed by atoms with van der Waals surface area (Å²) < 4.78 is 5.51. The fraction of sp³-hybridized carbons (Fsp3) is 0.920. The van der Waals surface area contributed by atoms with Gasteiger partial charge in [-0.2, -0.15) is 0 Å². The first-order chi connectivity index (χ1) is 40.0. The van der Waals surface area contributed by atoms with Crippen molar-refractivity contribution in [3.63, 3.8) is 0 Å². The number of hydrogen-bond donors (Lipinski definition) is 3. The number of nitrogens with one attached hydrogen (secondary N) is 1. The van der Waals surface area contributed by atoms with Gasteiger partial charge in [-0.1, -0.05) is 372 Å². The first-order valence-electron chi connectivity index (χ1n) is 37.1. The lowest BCUT2D eigenvalue weighted by atomic mass is 10.0. The van der Waals surface area contributed by atoms with Crippen LogP contribution in [-0.2, 0) is 14.3 Å². The third kappa shape index (κ3) is 67.3. The Kier molecular flexibility index (Phi) is 69.4. The van der Waals surface area contributed by atoms with Crippen LogP contribution in [0.15, 0.2) is 24.3 Å². The van der Waals surface area contributed by atoms with Crippen molar-refractivity contribution in [2.75, 3.05) is 13.2 Å². The standard InChI is InChI=1S/C75H145NO5/c1-3-5-7-9-11-13-15-17-19-21-33-37-41-45-49-53-57-61-65-69-75(80)81-70-66-62-58-54-50-46-42-38-35-32-30-28-26-24-22-23-25-27-29-31-34-36-40-44-48-52-56-60-64-68-74(79)76-72(71-77)73(78)67-63-59-55-51-47-43-39-20-18-16-14-12-10-8-6-4-2/h17,19,63,67,72-73,77-78H,3-16,18,20-62,64-66,68-71H2,1-2H3,(H,76,79)/b19-17-,67-63+. The van der Waals surface area contributed by atoms with E-state index in [0.717, 1.165) is 38.5 Å². The molecule has 0 aliphatic rings. The molecule has 0 heterocycles. The summed E-state index contributed by atoms with van der Waals surface area (Å²) in [6.07, 6.45) is 89.9. The summed E-state index contributed by atoms with van der Waals surface area (Å²) in [7, 11) is 0. The van der Waals surface area contributed by atoms with Crippen LogP contribution in [-0.4, -0.2) is 47.4 Å². The van der Waals surface area contributed by atoms with Gasteiger partial charge >= 0.3 is 5.97 Å². The van der Waals surface area contributed by atoms with Crippen LogP contribution < -0.4 is 5.32 Å². The van der Waals surface area contributed by atoms with E-state index in [9.17, 15) is 19.8 Å². The number of hydrogen-bond acceptors (Lipinski definition) is 5. The zero-order valence-corrected chi connectivity index (χ0v) is 55.0. The lowest BCUT2D eigenvalue weighted by Gasteiger charge is -2.20. The average Bonchev–Trinajstić information content (AvgIpc) is 3.47. The fourth-order valence-electron chi connectivity index (χ4n) is 11.8. The molecule has 0 fully saturated rings. The van der Waals surface area contributed by atoms with Crippen molar-refractivity contribution in [3.8, 4) is 0 Å². The van der Waals surface area contributed by atoms with Gasteiger partial charge in [-0.25, -0.2) is 0 Å². The van der Waals surface area contributed by atoms with Crippen LogP contribution >= 0.6 is 0 Å². The fourth-order valence-corrected chi connectivity index (χ4v) is 11.8. The van der Waals surface area contributed by atoms with Gasteiger partial charge in [0.25, 0.3) is 0 Å². The number of carbonyl (C=O) groups excluding carboxylic acids is 2. The highest BCUT2D eigenvalue weighted by Gasteiger charge is 2.18. The first kappa shape index (κ1) is 79.3. The van der Waals surface area contributed by atoms with Gasteiger partial charge in [-0.05, 0) is 57.8 Å². The van der Waals surface area contributed by atoms with Gasteiger partial charge in [0.2, 0.25) is 5.91 Å². The van der Waals surface area contributed by atoms with Crippen molar-refractivity contribution >= 4 is 11.9 Å². The molecular weight excluding hydrogens is 995 g/mol. The topological polar surface area (TPSA) is 95.9 Å². The summed E-state index contributed by atoms with van der Waals surface area (Å²) in [5.41, 5.74) is 0. The highest BCUT2D eigenvalue weighted by Crippen LogP contribution is 2.19. The molecule has 2 unspecified atom stereocenters. The zero-order chi connectivity index (χ0) is 58.5. The quantitative estimate of drug-likeness (QED) is 0.0320. The molecule has 2 atom stereocenters. The molecule has 0 aliphatic carbocycles. The Morgan fingerprint density at radius 1 is 0.333 bits per heavy atom. The molecule has 1 amide bonds. The number of unbranched alkanes of at least 4 members (excludes halogenated alkanes) is 57. The van der Waals surface area contributed by atoms with Crippen LogP contribution in [0.5, 0.6) is 0 Å². The van der Waals surface area contributed by atoms with E-state index < -0.39 is 12.1 Å². The summed E-state index contributed by atoms with van der Waals surface area (Å²) in [5, 5.41) is 23.2. The van der Waals surface area contributed by atoms with Crippen molar-refractivity contribution in [1.29, 1.82) is 0 Å². The number of allylic oxidation sites excluding steroid dienone is 3. The maximum Gasteiger partial charge on any atom is 0.305 e. The maximum atomic E-state index is 12.5. The predicted molar refractivity (Wildman–Crippen MR) is 356 cm³/mol. The highest BCUT2D eigenvalue weighted by atomic mass is 16.5. The van der Waals surface area contributed by atoms with Gasteiger partial charge in [0.1, 0.15) is 0 Å². The van der Waals surface area contributed by atoms with Crippen LogP contribution in [0.4, 0.5) is 0 Å². The van der Waals surface area contributed by atoms with Gasteiger partial charge < -0.3 is 20.3 Å². The van der Waals surface area contributed by atoms with Crippen molar-refractivity contribution < 1.29 is 24.5 Å². The Morgan fingerprint density at radius 3 is 0.877 bits per heavy atom. The normalized spacial score (nSPS) is 12.6. The third-order valence-corrected chi connectivity index (χ3v) is 17.5. The third-order valence-electron chi connectivity index (χ3n) is 17.5. The average molecular weight is 1140 g/mol. The summed E-state index contributed by atoms with van der Waals surface area (Å²) in [5.74, 6) is -0.0417. The first-order valence-corrected chi connectivity index (χ1v) is 37.1. The molecule has 81 heavy (non-hydrogen) atoms. The minimum Gasteiger partial charge on any atom is -0.466 e. The number of ether oxygens (including phenoxy) is 1. The molecule has 0 aromatic carbocycles. The van der Waals surface area contributed by atoms with Gasteiger partial charge in [0.05, 0.1) is 25.4 Å². The Morgan fingerprint density at radius 2 is 0.580 bits per heavy atom. The smallest absolute Gasteiger partial charge is 0.305 e. The number of amides is 1. The molecule has 0 radical (unpaired) electrons. The second-order valence-electron chi connectivity index (χ2n) is 25.6. The predicted octanol–water partition coefficient (Wildman–Crippen LogP) is 24.1. The minimum atomic E-state index is -0.842. The second-order valence-corrected chi connectivity index (χ2v) is 25.6. The molecule has 480 valence electrons. The van der Waals surface area contributed by atoms with E-state index in [1.807, 2.05) is 6.08 Å². The molecule has 6 heteroatoms. The summed E-state index contributed by atoms with van der Waals surface area (Å²) in [6.45, 7) is 4.94. The summed E-state index contributed by atoms with van der Waals surface area (Å²) in [4.78, 5) is 24.6. The molecule has 0 saturated carbocycles. The molecule has 0 aliphatic heterocycles. The van der Waals surface area contributed by atoms with Crippen molar-refractivity contribution in [2.24, 2.45) is 0 Å². The van der Waals surface area contributed by atoms with Crippen LogP contribution in [0.25, 0.3) is 0 Å². The molecule has 0 aromatic heterocycles. The Labute approximate surface area is 507 Å². The molecular formula is C75H145NO5.